The largest absolute Gasteiger partial charge is 0.464 e. The van der Waals surface area contributed by atoms with E-state index in [9.17, 15) is 4.79 Å². The van der Waals surface area contributed by atoms with Crippen molar-refractivity contribution < 1.29 is 9.53 Å². The summed E-state index contributed by atoms with van der Waals surface area (Å²) in [5.41, 5.74) is 2.37. The van der Waals surface area contributed by atoms with Gasteiger partial charge in [0.25, 0.3) is 0 Å². The first-order valence-electron chi connectivity index (χ1n) is 4.95. The van der Waals surface area contributed by atoms with Crippen LogP contribution < -0.4 is 0 Å². The molecule has 1 aromatic rings. The van der Waals surface area contributed by atoms with Crippen molar-refractivity contribution in [3.05, 3.63) is 23.0 Å². The predicted molar refractivity (Wildman–Crippen MR) is 63.3 cm³/mol. The minimum Gasteiger partial charge on any atom is -0.464 e. The molecule has 1 rings (SSSR count). The molecule has 16 heavy (non-hydrogen) atoms. The van der Waals surface area contributed by atoms with Crippen molar-refractivity contribution >= 4 is 23.1 Å². The highest BCUT2D eigenvalue weighted by Crippen LogP contribution is 2.24. The quantitative estimate of drug-likeness (QED) is 0.762. The fourth-order valence-electron chi connectivity index (χ4n) is 1.29. The van der Waals surface area contributed by atoms with Gasteiger partial charge in [-0.25, -0.2) is 0 Å². The van der Waals surface area contributed by atoms with E-state index in [-0.39, 0.29) is 5.97 Å². The Hall–Kier alpha value is -1.29. The first kappa shape index (κ1) is 12.8. The number of nitrogens with zero attached hydrogens (tertiary/aromatic N) is 2. The van der Waals surface area contributed by atoms with E-state index in [0.717, 1.165) is 11.3 Å². The molecule has 0 aliphatic rings. The van der Waals surface area contributed by atoms with Crippen LogP contribution in [0.25, 0.3) is 5.57 Å². The molecule has 5 heteroatoms. The van der Waals surface area contributed by atoms with Gasteiger partial charge < -0.3 is 4.74 Å². The summed E-state index contributed by atoms with van der Waals surface area (Å²) in [6.07, 6.45) is 0. The van der Waals surface area contributed by atoms with Gasteiger partial charge in [0.1, 0.15) is 12.3 Å². The summed E-state index contributed by atoms with van der Waals surface area (Å²) in [7, 11) is 0. The Morgan fingerprint density at radius 1 is 1.56 bits per heavy atom. The third kappa shape index (κ3) is 2.85. The molecule has 1 heterocycles. The summed E-state index contributed by atoms with van der Waals surface area (Å²) in [5.74, 6) is -0.295. The van der Waals surface area contributed by atoms with Crippen LogP contribution >= 0.6 is 11.6 Å². The van der Waals surface area contributed by atoms with Crippen LogP contribution in [-0.2, 0) is 16.1 Å². The molecule has 0 radical (unpaired) electrons. The van der Waals surface area contributed by atoms with Crippen LogP contribution in [0.4, 0.5) is 0 Å². The Morgan fingerprint density at radius 3 is 2.62 bits per heavy atom. The Bertz CT molecular complexity index is 424. The molecule has 0 N–H and O–H groups in total. The Balaban J connectivity index is 2.78. The highest BCUT2D eigenvalue weighted by molar-refractivity contribution is 6.32. The van der Waals surface area contributed by atoms with Crippen molar-refractivity contribution in [2.75, 3.05) is 6.61 Å². The van der Waals surface area contributed by atoms with Crippen LogP contribution in [0.2, 0.25) is 5.02 Å². The molecule has 1 aromatic heterocycles. The van der Waals surface area contributed by atoms with E-state index in [4.69, 9.17) is 16.3 Å². The van der Waals surface area contributed by atoms with E-state index in [1.54, 1.807) is 4.68 Å². The summed E-state index contributed by atoms with van der Waals surface area (Å²) in [4.78, 5) is 10.6. The number of halogens is 1. The zero-order chi connectivity index (χ0) is 12.3. The molecule has 0 bridgehead atoms. The third-order valence-corrected chi connectivity index (χ3v) is 2.60. The number of ether oxygens (including phenoxy) is 1. The number of rotatable bonds is 4. The lowest BCUT2D eigenvalue weighted by atomic mass is 10.2. The molecule has 0 amide bonds. The first-order chi connectivity index (χ1) is 7.43. The van der Waals surface area contributed by atoms with Crippen LogP contribution in [0.15, 0.2) is 6.58 Å². The third-order valence-electron chi connectivity index (χ3n) is 2.15. The van der Waals surface area contributed by atoms with Crippen molar-refractivity contribution in [3.8, 4) is 0 Å². The molecule has 0 unspecified atom stereocenters. The number of carbonyl (C=O) groups excluding carboxylic acids is 1. The SMILES string of the molecule is C=C(C)c1nn(CCOC(C)=O)c(C)c1Cl. The fourth-order valence-corrected chi connectivity index (χ4v) is 1.59. The molecule has 0 spiro atoms. The molecule has 4 nitrogen and oxygen atoms in total. The maximum Gasteiger partial charge on any atom is 0.302 e. The van der Waals surface area contributed by atoms with Crippen LogP contribution in [0.5, 0.6) is 0 Å². The average Bonchev–Trinajstić information content (AvgIpc) is 2.45. The summed E-state index contributed by atoms with van der Waals surface area (Å²) < 4.78 is 6.56. The van der Waals surface area contributed by atoms with E-state index in [2.05, 4.69) is 11.7 Å². The van der Waals surface area contributed by atoms with Crippen molar-refractivity contribution in [3.63, 3.8) is 0 Å². The highest BCUT2D eigenvalue weighted by Gasteiger charge is 2.12. The number of carbonyl (C=O) groups is 1. The zero-order valence-corrected chi connectivity index (χ0v) is 10.5. The van der Waals surface area contributed by atoms with Gasteiger partial charge in [0.2, 0.25) is 0 Å². The summed E-state index contributed by atoms with van der Waals surface area (Å²) >= 11 is 6.10. The van der Waals surface area contributed by atoms with E-state index in [0.29, 0.717) is 23.9 Å². The Morgan fingerprint density at radius 2 is 2.19 bits per heavy atom. The van der Waals surface area contributed by atoms with Crippen molar-refractivity contribution in [1.82, 2.24) is 9.78 Å². The van der Waals surface area contributed by atoms with Crippen molar-refractivity contribution in [2.45, 2.75) is 27.3 Å². The fraction of sp³-hybridized carbons (Fsp3) is 0.455. The standard InChI is InChI=1S/C11H15ClN2O2/c1-7(2)11-10(12)8(3)14(13-11)5-6-16-9(4)15/h1,5-6H2,2-4H3. The molecule has 0 aliphatic carbocycles. The molecule has 0 saturated carbocycles. The molecule has 0 atom stereocenters. The topological polar surface area (TPSA) is 44.1 Å². The van der Waals surface area contributed by atoms with Crippen molar-refractivity contribution in [2.24, 2.45) is 0 Å². The van der Waals surface area contributed by atoms with Gasteiger partial charge in [0, 0.05) is 6.92 Å². The first-order valence-corrected chi connectivity index (χ1v) is 5.33. The lowest BCUT2D eigenvalue weighted by molar-refractivity contribution is -0.141. The van der Waals surface area contributed by atoms with Crippen LogP contribution in [-0.4, -0.2) is 22.4 Å². The Labute approximate surface area is 99.8 Å². The molecule has 0 fully saturated rings. The van der Waals surface area contributed by atoms with Gasteiger partial charge in [0.15, 0.2) is 0 Å². The van der Waals surface area contributed by atoms with Gasteiger partial charge in [-0.15, -0.1) is 0 Å². The van der Waals surface area contributed by atoms with Gasteiger partial charge in [-0.1, -0.05) is 18.2 Å². The summed E-state index contributed by atoms with van der Waals surface area (Å²) in [6, 6.07) is 0. The molecule has 88 valence electrons. The van der Waals surface area contributed by atoms with Gasteiger partial charge in [-0.3, -0.25) is 9.48 Å². The minimum atomic E-state index is -0.295. The second kappa shape index (κ2) is 5.16. The lowest BCUT2D eigenvalue weighted by Crippen LogP contribution is -2.11. The molecular formula is C11H15ClN2O2. The monoisotopic (exact) mass is 242 g/mol. The maximum absolute atomic E-state index is 10.6. The minimum absolute atomic E-state index is 0.295. The lowest BCUT2D eigenvalue weighted by Gasteiger charge is -2.04. The molecule has 0 aromatic carbocycles. The smallest absolute Gasteiger partial charge is 0.302 e. The van der Waals surface area contributed by atoms with Gasteiger partial charge >= 0.3 is 5.97 Å². The molecule has 0 aliphatic heterocycles. The molecular weight excluding hydrogens is 228 g/mol. The average molecular weight is 243 g/mol. The normalized spacial score (nSPS) is 10.2. The number of hydrogen-bond donors (Lipinski definition) is 0. The highest BCUT2D eigenvalue weighted by atomic mass is 35.5. The maximum atomic E-state index is 10.6. The van der Waals surface area contributed by atoms with Crippen LogP contribution in [0.1, 0.15) is 25.2 Å². The second-order valence-electron chi connectivity index (χ2n) is 3.59. The van der Waals surface area contributed by atoms with E-state index >= 15 is 0 Å². The van der Waals surface area contributed by atoms with Crippen LogP contribution in [0.3, 0.4) is 0 Å². The summed E-state index contributed by atoms with van der Waals surface area (Å²) in [5, 5.41) is 4.91. The van der Waals surface area contributed by atoms with Crippen LogP contribution in [0, 0.1) is 6.92 Å². The second-order valence-corrected chi connectivity index (χ2v) is 3.97. The van der Waals surface area contributed by atoms with Crippen molar-refractivity contribution in [1.29, 1.82) is 0 Å². The van der Waals surface area contributed by atoms with Gasteiger partial charge in [-0.05, 0) is 19.4 Å². The zero-order valence-electron chi connectivity index (χ0n) is 9.71. The molecule has 0 saturated heterocycles. The van der Waals surface area contributed by atoms with E-state index in [1.165, 1.54) is 6.92 Å². The Kier molecular flexibility index (Phi) is 4.12. The number of hydrogen-bond acceptors (Lipinski definition) is 3. The number of allylic oxidation sites excluding steroid dienone is 1. The summed E-state index contributed by atoms with van der Waals surface area (Å²) in [6.45, 7) is 9.70. The number of aromatic nitrogens is 2. The van der Waals surface area contributed by atoms with Gasteiger partial charge in [-0.2, -0.15) is 5.10 Å². The van der Waals surface area contributed by atoms with E-state index in [1.807, 2.05) is 13.8 Å². The predicted octanol–water partition coefficient (Wildman–Crippen LogP) is 2.44. The number of esters is 1. The van der Waals surface area contributed by atoms with Gasteiger partial charge in [0.05, 0.1) is 17.3 Å². The van der Waals surface area contributed by atoms with E-state index < -0.39 is 0 Å².